The van der Waals surface area contributed by atoms with Gasteiger partial charge in [0.05, 0.1) is 0 Å². The summed E-state index contributed by atoms with van der Waals surface area (Å²) in [6.45, 7) is 0.427. The predicted octanol–water partition coefficient (Wildman–Crippen LogP) is 1.86. The van der Waals surface area contributed by atoms with Crippen LogP contribution in [0.5, 0.6) is 11.5 Å². The summed E-state index contributed by atoms with van der Waals surface area (Å²) in [4.78, 5) is 21.8. The Morgan fingerprint density at radius 2 is 1.65 bits per heavy atom. The molecule has 1 aromatic rings. The van der Waals surface area contributed by atoms with Crippen molar-refractivity contribution in [2.45, 2.75) is 25.7 Å². The Morgan fingerprint density at radius 1 is 1.00 bits per heavy atom. The minimum Gasteiger partial charge on any atom is -0.508 e. The van der Waals surface area contributed by atoms with Crippen LogP contribution in [-0.2, 0) is 4.79 Å². The standard InChI is InChI=1S/C13H18N2O5/c16-10-6-9(7-11(17)8-10)15-13(20)14-5-3-1-2-4-12(18)19/h6-8,16-17H,1-5H2,(H,18,19)(H2,14,15,20). The van der Waals surface area contributed by atoms with E-state index in [4.69, 9.17) is 5.11 Å². The molecule has 0 aliphatic carbocycles. The number of aliphatic carboxylic acids is 1. The van der Waals surface area contributed by atoms with Gasteiger partial charge < -0.3 is 26.0 Å². The summed E-state index contributed by atoms with van der Waals surface area (Å²) in [7, 11) is 0. The van der Waals surface area contributed by atoms with Gasteiger partial charge in [-0.1, -0.05) is 6.42 Å². The molecule has 110 valence electrons. The molecule has 0 atom stereocenters. The highest BCUT2D eigenvalue weighted by atomic mass is 16.4. The highest BCUT2D eigenvalue weighted by molar-refractivity contribution is 5.89. The van der Waals surface area contributed by atoms with E-state index in [0.29, 0.717) is 19.4 Å². The molecule has 0 radical (unpaired) electrons. The van der Waals surface area contributed by atoms with Crippen LogP contribution >= 0.6 is 0 Å². The third-order valence-corrected chi connectivity index (χ3v) is 2.51. The fourth-order valence-electron chi connectivity index (χ4n) is 1.62. The molecule has 0 saturated carbocycles. The van der Waals surface area contributed by atoms with Crippen LogP contribution in [0.2, 0.25) is 0 Å². The number of anilines is 1. The zero-order valence-corrected chi connectivity index (χ0v) is 10.9. The quantitative estimate of drug-likeness (QED) is 0.489. The van der Waals surface area contributed by atoms with Gasteiger partial charge in [-0.2, -0.15) is 0 Å². The van der Waals surface area contributed by atoms with Crippen LogP contribution in [0.4, 0.5) is 10.5 Å². The Kier molecular flexibility index (Phi) is 6.15. The van der Waals surface area contributed by atoms with Crippen LogP contribution < -0.4 is 10.6 Å². The molecule has 20 heavy (non-hydrogen) atoms. The molecule has 0 aliphatic rings. The van der Waals surface area contributed by atoms with Crippen LogP contribution in [0.1, 0.15) is 25.7 Å². The molecule has 0 spiro atoms. The molecule has 7 heteroatoms. The lowest BCUT2D eigenvalue weighted by Crippen LogP contribution is -2.29. The Hall–Kier alpha value is -2.44. The zero-order valence-electron chi connectivity index (χ0n) is 10.9. The number of carbonyl (C=O) groups excluding carboxylic acids is 1. The van der Waals surface area contributed by atoms with Crippen molar-refractivity contribution >= 4 is 17.7 Å². The fourth-order valence-corrected chi connectivity index (χ4v) is 1.62. The van der Waals surface area contributed by atoms with E-state index in [1.54, 1.807) is 0 Å². The number of carboxylic acids is 1. The summed E-state index contributed by atoms with van der Waals surface area (Å²) in [5, 5.41) is 32.0. The number of amides is 2. The van der Waals surface area contributed by atoms with Crippen molar-refractivity contribution in [2.75, 3.05) is 11.9 Å². The number of unbranched alkanes of at least 4 members (excludes halogenated alkanes) is 2. The molecular weight excluding hydrogens is 264 g/mol. The molecule has 0 bridgehead atoms. The summed E-state index contributed by atoms with van der Waals surface area (Å²) in [6.07, 6.45) is 2.12. The van der Waals surface area contributed by atoms with Crippen molar-refractivity contribution in [3.63, 3.8) is 0 Å². The van der Waals surface area contributed by atoms with Crippen molar-refractivity contribution < 1.29 is 24.9 Å². The van der Waals surface area contributed by atoms with Gasteiger partial charge in [-0.25, -0.2) is 4.79 Å². The van der Waals surface area contributed by atoms with Gasteiger partial charge in [0.25, 0.3) is 0 Å². The highest BCUT2D eigenvalue weighted by Gasteiger charge is 2.04. The van der Waals surface area contributed by atoms with E-state index in [9.17, 15) is 19.8 Å². The van der Waals surface area contributed by atoms with Gasteiger partial charge in [-0.15, -0.1) is 0 Å². The largest absolute Gasteiger partial charge is 0.508 e. The maximum absolute atomic E-state index is 11.5. The van der Waals surface area contributed by atoms with Gasteiger partial charge >= 0.3 is 12.0 Å². The first-order chi connectivity index (χ1) is 9.47. The van der Waals surface area contributed by atoms with Crippen molar-refractivity contribution in [1.82, 2.24) is 5.32 Å². The first kappa shape index (κ1) is 15.6. The molecule has 0 fully saturated rings. The second-order valence-electron chi connectivity index (χ2n) is 4.32. The maximum atomic E-state index is 11.5. The summed E-state index contributed by atoms with van der Waals surface area (Å²) < 4.78 is 0. The average molecular weight is 282 g/mol. The number of carboxylic acid groups (broad SMARTS) is 1. The topological polar surface area (TPSA) is 119 Å². The number of benzene rings is 1. The number of nitrogens with one attached hydrogen (secondary N) is 2. The van der Waals surface area contributed by atoms with E-state index in [1.807, 2.05) is 0 Å². The first-order valence-corrected chi connectivity index (χ1v) is 6.27. The van der Waals surface area contributed by atoms with E-state index >= 15 is 0 Å². The van der Waals surface area contributed by atoms with Gasteiger partial charge in [0.1, 0.15) is 11.5 Å². The van der Waals surface area contributed by atoms with Crippen LogP contribution in [0, 0.1) is 0 Å². The van der Waals surface area contributed by atoms with E-state index in [0.717, 1.165) is 12.5 Å². The SMILES string of the molecule is O=C(O)CCCCCNC(=O)Nc1cc(O)cc(O)c1. The molecule has 7 nitrogen and oxygen atoms in total. The summed E-state index contributed by atoms with van der Waals surface area (Å²) >= 11 is 0. The molecule has 0 aromatic heterocycles. The molecule has 0 unspecified atom stereocenters. The van der Waals surface area contributed by atoms with Crippen LogP contribution in [0.3, 0.4) is 0 Å². The van der Waals surface area contributed by atoms with E-state index < -0.39 is 12.0 Å². The lowest BCUT2D eigenvalue weighted by Gasteiger charge is -2.08. The first-order valence-electron chi connectivity index (χ1n) is 6.27. The van der Waals surface area contributed by atoms with Gasteiger partial charge in [0.2, 0.25) is 0 Å². The zero-order chi connectivity index (χ0) is 15.0. The Morgan fingerprint density at radius 3 is 2.25 bits per heavy atom. The van der Waals surface area contributed by atoms with Crippen molar-refractivity contribution in [2.24, 2.45) is 0 Å². The lowest BCUT2D eigenvalue weighted by atomic mass is 10.2. The van der Waals surface area contributed by atoms with Crippen molar-refractivity contribution in [3.05, 3.63) is 18.2 Å². The fraction of sp³-hybridized carbons (Fsp3) is 0.385. The molecule has 1 rings (SSSR count). The number of phenolic OH excluding ortho intramolecular Hbond substituents is 2. The smallest absolute Gasteiger partial charge is 0.319 e. The average Bonchev–Trinajstić information content (AvgIpc) is 2.31. The molecular formula is C13H18N2O5. The van der Waals surface area contributed by atoms with Gasteiger partial charge in [0, 0.05) is 36.9 Å². The number of carbonyl (C=O) groups is 2. The third kappa shape index (κ3) is 6.48. The molecule has 0 heterocycles. The molecule has 0 aliphatic heterocycles. The number of phenols is 2. The lowest BCUT2D eigenvalue weighted by molar-refractivity contribution is -0.137. The second kappa shape index (κ2) is 7.88. The number of rotatable bonds is 7. The van der Waals surface area contributed by atoms with Gasteiger partial charge in [-0.05, 0) is 12.8 Å². The van der Waals surface area contributed by atoms with Crippen molar-refractivity contribution in [1.29, 1.82) is 0 Å². The maximum Gasteiger partial charge on any atom is 0.319 e. The van der Waals surface area contributed by atoms with Gasteiger partial charge in [-0.3, -0.25) is 4.79 Å². The molecule has 2 amide bonds. The minimum atomic E-state index is -0.820. The van der Waals surface area contributed by atoms with Gasteiger partial charge in [0.15, 0.2) is 0 Å². The Bertz CT molecular complexity index is 456. The Balaban J connectivity index is 2.21. The normalized spacial score (nSPS) is 10.0. The van der Waals surface area contributed by atoms with E-state index in [1.165, 1.54) is 12.1 Å². The minimum absolute atomic E-state index is 0.134. The number of hydrogen-bond donors (Lipinski definition) is 5. The van der Waals surface area contributed by atoms with Crippen LogP contribution in [-0.4, -0.2) is 33.9 Å². The van der Waals surface area contributed by atoms with Crippen LogP contribution in [0.15, 0.2) is 18.2 Å². The highest BCUT2D eigenvalue weighted by Crippen LogP contribution is 2.23. The second-order valence-corrected chi connectivity index (χ2v) is 4.32. The number of hydrogen-bond acceptors (Lipinski definition) is 4. The van der Waals surface area contributed by atoms with Crippen LogP contribution in [0.25, 0.3) is 0 Å². The monoisotopic (exact) mass is 282 g/mol. The number of urea groups is 1. The molecule has 5 N–H and O–H groups in total. The van der Waals surface area contributed by atoms with E-state index in [-0.39, 0.29) is 23.6 Å². The van der Waals surface area contributed by atoms with E-state index in [2.05, 4.69) is 10.6 Å². The molecule has 0 saturated heterocycles. The third-order valence-electron chi connectivity index (χ3n) is 2.51. The Labute approximate surface area is 116 Å². The summed E-state index contributed by atoms with van der Waals surface area (Å²) in [6, 6.07) is 3.33. The van der Waals surface area contributed by atoms with Crippen molar-refractivity contribution in [3.8, 4) is 11.5 Å². The molecule has 1 aromatic carbocycles. The summed E-state index contributed by atoms with van der Waals surface area (Å²) in [5.41, 5.74) is 0.283. The predicted molar refractivity (Wildman–Crippen MR) is 72.9 cm³/mol. The summed E-state index contributed by atoms with van der Waals surface area (Å²) in [5.74, 6) is -1.11. The number of aromatic hydroxyl groups is 2.